The zero-order valence-electron chi connectivity index (χ0n) is 11.6. The largest absolute Gasteiger partial charge is 1.00 e. The fourth-order valence-electron chi connectivity index (χ4n) is 2.23. The van der Waals surface area contributed by atoms with Gasteiger partial charge in [-0.1, -0.05) is 0 Å². The third-order valence-corrected chi connectivity index (χ3v) is 3.27. The number of imidazole rings is 1. The lowest BCUT2D eigenvalue weighted by molar-refractivity contribution is -0.590. The zero-order chi connectivity index (χ0) is 13.2. The highest BCUT2D eigenvalue weighted by Crippen LogP contribution is 2.19. The maximum absolute atomic E-state index is 5.33. The van der Waals surface area contributed by atoms with Crippen molar-refractivity contribution < 1.29 is 22.1 Å². The maximum Gasteiger partial charge on any atom is 0.158 e. The molecule has 0 saturated carbocycles. The van der Waals surface area contributed by atoms with E-state index in [0.29, 0.717) is 6.04 Å². The molecule has 3 aromatic rings. The molecule has 0 spiro atoms. The van der Waals surface area contributed by atoms with Crippen LogP contribution in [0, 0.1) is 0 Å². The van der Waals surface area contributed by atoms with Gasteiger partial charge in [-0.05, 0) is 32.0 Å². The first-order valence-corrected chi connectivity index (χ1v) is 6.56. The molecular formula is C15H18ClN3O. The second-order valence-electron chi connectivity index (χ2n) is 4.98. The molecule has 0 aliphatic rings. The van der Waals surface area contributed by atoms with Crippen LogP contribution in [0.25, 0.3) is 11.0 Å². The maximum atomic E-state index is 5.33. The molecule has 0 aliphatic carbocycles. The van der Waals surface area contributed by atoms with Gasteiger partial charge in [-0.15, -0.1) is 0 Å². The molecule has 20 heavy (non-hydrogen) atoms. The number of benzene rings is 1. The number of nitrogens with two attached hydrogens (primary N) is 1. The van der Waals surface area contributed by atoms with Gasteiger partial charge in [0.05, 0.1) is 23.6 Å². The summed E-state index contributed by atoms with van der Waals surface area (Å²) in [6.45, 7) is 5.14. The zero-order valence-corrected chi connectivity index (χ0v) is 12.3. The van der Waals surface area contributed by atoms with Crippen molar-refractivity contribution in [3.63, 3.8) is 0 Å². The van der Waals surface area contributed by atoms with Gasteiger partial charge < -0.3 is 26.7 Å². The van der Waals surface area contributed by atoms with E-state index in [0.717, 1.165) is 17.8 Å². The van der Waals surface area contributed by atoms with E-state index in [2.05, 4.69) is 46.9 Å². The molecule has 0 amide bonds. The molecule has 4 nitrogen and oxygen atoms in total. The smallest absolute Gasteiger partial charge is 0.158 e. The molecule has 1 aromatic carbocycles. The summed E-state index contributed by atoms with van der Waals surface area (Å²) in [6, 6.07) is 10.7. The van der Waals surface area contributed by atoms with Gasteiger partial charge in [-0.2, -0.15) is 0 Å². The second kappa shape index (κ2) is 6.11. The van der Waals surface area contributed by atoms with Crippen molar-refractivity contribution in [3.05, 3.63) is 48.7 Å². The minimum Gasteiger partial charge on any atom is -1.00 e. The number of nitrogens with zero attached hydrogens (tertiary/aromatic N) is 2. The van der Waals surface area contributed by atoms with Gasteiger partial charge in [0.2, 0.25) is 0 Å². The van der Waals surface area contributed by atoms with E-state index in [4.69, 9.17) is 4.42 Å². The summed E-state index contributed by atoms with van der Waals surface area (Å²) in [6.07, 6.45) is 3.61. The molecule has 3 rings (SSSR count). The monoisotopic (exact) mass is 291 g/mol. The number of hydrogen-bond donors (Lipinski definition) is 1. The number of furan rings is 1. The van der Waals surface area contributed by atoms with Crippen molar-refractivity contribution in [2.45, 2.75) is 26.4 Å². The highest BCUT2D eigenvalue weighted by Gasteiger charge is 2.08. The number of hydrogen-bond acceptors (Lipinski definition) is 2. The first-order chi connectivity index (χ1) is 9.24. The Labute approximate surface area is 124 Å². The summed E-state index contributed by atoms with van der Waals surface area (Å²) in [5.74, 6) is 0.979. The van der Waals surface area contributed by atoms with Crippen LogP contribution in [0.2, 0.25) is 0 Å². The predicted molar refractivity (Wildman–Crippen MR) is 74.1 cm³/mol. The van der Waals surface area contributed by atoms with Crippen molar-refractivity contribution in [2.24, 2.45) is 0 Å². The second-order valence-corrected chi connectivity index (χ2v) is 4.98. The van der Waals surface area contributed by atoms with E-state index in [-0.39, 0.29) is 12.4 Å². The van der Waals surface area contributed by atoms with Crippen molar-refractivity contribution in [1.29, 1.82) is 0 Å². The summed E-state index contributed by atoms with van der Waals surface area (Å²) in [5, 5.41) is 2.16. The molecule has 0 saturated heterocycles. The number of quaternary nitrogens is 1. The van der Waals surface area contributed by atoms with Crippen LogP contribution in [0.4, 0.5) is 5.69 Å². The Morgan fingerprint density at radius 1 is 1.30 bits per heavy atom. The fraction of sp³-hybridized carbons (Fsp3) is 0.267. The highest BCUT2D eigenvalue weighted by atomic mass is 35.5. The standard InChI is InChI=1S/C15H17N3O.ClH/c1-11(2)18-10-17-14-8-12(5-6-15(14)18)16-9-13-4-3-7-19-13;/h3-8,10-11,16H,9H2,1-2H3;1H. The van der Waals surface area contributed by atoms with Crippen molar-refractivity contribution in [3.8, 4) is 0 Å². The van der Waals surface area contributed by atoms with Crippen LogP contribution in [-0.2, 0) is 6.54 Å². The summed E-state index contributed by atoms with van der Waals surface area (Å²) < 4.78 is 7.51. The number of rotatable bonds is 4. The Kier molecular flexibility index (Phi) is 4.47. The lowest BCUT2D eigenvalue weighted by Crippen LogP contribution is -3.00. The van der Waals surface area contributed by atoms with Crippen LogP contribution < -0.4 is 17.7 Å². The molecule has 0 atom stereocenters. The van der Waals surface area contributed by atoms with Crippen LogP contribution in [0.1, 0.15) is 25.6 Å². The van der Waals surface area contributed by atoms with Gasteiger partial charge in [0.1, 0.15) is 12.2 Å². The van der Waals surface area contributed by atoms with Gasteiger partial charge in [0.15, 0.2) is 5.76 Å². The van der Waals surface area contributed by atoms with Crippen LogP contribution in [0.3, 0.4) is 0 Å². The SMILES string of the molecule is CC(C)n1cnc2cc([NH2+]Cc3ccco3)ccc21.[Cl-]. The summed E-state index contributed by atoms with van der Waals surface area (Å²) in [5.41, 5.74) is 3.41. The lowest BCUT2D eigenvalue weighted by atomic mass is 10.2. The summed E-state index contributed by atoms with van der Waals surface area (Å²) in [4.78, 5) is 4.47. The van der Waals surface area contributed by atoms with Crippen LogP contribution >= 0.6 is 0 Å². The highest BCUT2D eigenvalue weighted by molar-refractivity contribution is 5.77. The molecule has 2 N–H and O–H groups in total. The van der Waals surface area contributed by atoms with E-state index in [9.17, 15) is 0 Å². The van der Waals surface area contributed by atoms with Crippen LogP contribution in [-0.4, -0.2) is 9.55 Å². The normalized spacial score (nSPS) is 10.9. The van der Waals surface area contributed by atoms with E-state index in [1.54, 1.807) is 6.26 Å². The minimum absolute atomic E-state index is 0. The van der Waals surface area contributed by atoms with E-state index < -0.39 is 0 Å². The van der Waals surface area contributed by atoms with Crippen molar-refractivity contribution in [1.82, 2.24) is 9.55 Å². The van der Waals surface area contributed by atoms with Gasteiger partial charge in [-0.3, -0.25) is 0 Å². The number of fused-ring (bicyclic) bond motifs is 1. The van der Waals surface area contributed by atoms with Crippen molar-refractivity contribution in [2.75, 3.05) is 0 Å². The minimum atomic E-state index is 0. The molecule has 5 heteroatoms. The molecule has 0 fully saturated rings. The molecular weight excluding hydrogens is 274 g/mol. The Bertz CT molecular complexity index is 674. The Morgan fingerprint density at radius 2 is 2.15 bits per heavy atom. The van der Waals surface area contributed by atoms with Crippen LogP contribution in [0.15, 0.2) is 47.3 Å². The topological polar surface area (TPSA) is 47.6 Å². The van der Waals surface area contributed by atoms with Gasteiger partial charge in [-0.25, -0.2) is 4.98 Å². The number of halogens is 1. The average molecular weight is 292 g/mol. The lowest BCUT2D eigenvalue weighted by Gasteiger charge is -2.07. The molecule has 2 aromatic heterocycles. The van der Waals surface area contributed by atoms with E-state index in [1.807, 2.05) is 18.5 Å². The Hall–Kier alpha value is -1.78. The molecule has 0 radical (unpaired) electrons. The molecule has 2 heterocycles. The summed E-state index contributed by atoms with van der Waals surface area (Å²) in [7, 11) is 0. The molecule has 0 aliphatic heterocycles. The molecule has 0 bridgehead atoms. The van der Waals surface area contributed by atoms with Crippen molar-refractivity contribution >= 4 is 16.7 Å². The molecule has 0 unspecified atom stereocenters. The van der Waals surface area contributed by atoms with Crippen LogP contribution in [0.5, 0.6) is 0 Å². The van der Waals surface area contributed by atoms with Gasteiger partial charge in [0.25, 0.3) is 0 Å². The third kappa shape index (κ3) is 2.86. The van der Waals surface area contributed by atoms with E-state index in [1.165, 1.54) is 11.2 Å². The summed E-state index contributed by atoms with van der Waals surface area (Å²) >= 11 is 0. The first kappa shape index (κ1) is 14.6. The average Bonchev–Trinajstić information content (AvgIpc) is 3.05. The Morgan fingerprint density at radius 3 is 2.85 bits per heavy atom. The molecule has 106 valence electrons. The Balaban J connectivity index is 0.00000147. The third-order valence-electron chi connectivity index (χ3n) is 3.27. The first-order valence-electron chi connectivity index (χ1n) is 6.56. The van der Waals surface area contributed by atoms with Gasteiger partial charge in [0, 0.05) is 18.2 Å². The predicted octanol–water partition coefficient (Wildman–Crippen LogP) is -0.391. The number of aromatic nitrogens is 2. The fourth-order valence-corrected chi connectivity index (χ4v) is 2.23. The van der Waals surface area contributed by atoms with E-state index >= 15 is 0 Å². The van der Waals surface area contributed by atoms with Gasteiger partial charge >= 0.3 is 0 Å². The quantitative estimate of drug-likeness (QED) is 0.666.